The highest BCUT2D eigenvalue weighted by Gasteiger charge is 2.31. The van der Waals surface area contributed by atoms with Gasteiger partial charge in [0.05, 0.1) is 12.5 Å². The maximum Gasteiger partial charge on any atom is 0.227 e. The lowest BCUT2D eigenvalue weighted by Gasteiger charge is -2.23. The van der Waals surface area contributed by atoms with Crippen molar-refractivity contribution in [3.05, 3.63) is 53.4 Å². The van der Waals surface area contributed by atoms with E-state index in [0.717, 1.165) is 24.4 Å². The van der Waals surface area contributed by atoms with Crippen LogP contribution in [0.5, 0.6) is 0 Å². The molecule has 110 valence electrons. The number of imidazole rings is 1. The molecule has 2 heterocycles. The molecule has 0 bridgehead atoms. The number of H-pyrrole nitrogens is 1. The summed E-state index contributed by atoms with van der Waals surface area (Å²) in [5.74, 6) is 0.457. The first-order valence-corrected chi connectivity index (χ1v) is 7.19. The highest BCUT2D eigenvalue weighted by Crippen LogP contribution is 2.30. The van der Waals surface area contributed by atoms with Crippen LogP contribution < -0.4 is 0 Å². The minimum Gasteiger partial charge on any atom is -0.344 e. The molecule has 1 aliphatic heterocycles. The predicted molar refractivity (Wildman–Crippen MR) is 77.1 cm³/mol. The molecule has 0 radical (unpaired) electrons. The molecule has 21 heavy (non-hydrogen) atoms. The number of nitrogens with zero attached hydrogens (tertiary/aromatic N) is 2. The van der Waals surface area contributed by atoms with Crippen molar-refractivity contribution in [1.29, 1.82) is 0 Å². The molecule has 1 saturated heterocycles. The Kier molecular flexibility index (Phi) is 3.73. The van der Waals surface area contributed by atoms with Crippen LogP contribution in [-0.4, -0.2) is 27.3 Å². The van der Waals surface area contributed by atoms with Gasteiger partial charge in [0.2, 0.25) is 5.91 Å². The van der Waals surface area contributed by atoms with E-state index in [2.05, 4.69) is 9.97 Å². The number of aromatic nitrogens is 2. The van der Waals surface area contributed by atoms with Gasteiger partial charge in [0, 0.05) is 18.4 Å². The van der Waals surface area contributed by atoms with Gasteiger partial charge in [0.25, 0.3) is 0 Å². The molecule has 1 aromatic carbocycles. The Balaban J connectivity index is 1.76. The van der Waals surface area contributed by atoms with Gasteiger partial charge in [0.15, 0.2) is 0 Å². The average Bonchev–Trinajstić information content (AvgIpc) is 3.09. The molecular weight excluding hydrogens is 269 g/mol. The van der Waals surface area contributed by atoms with E-state index in [1.165, 1.54) is 6.07 Å². The third-order valence-electron chi connectivity index (χ3n) is 3.91. The number of halogens is 1. The molecule has 1 amide bonds. The van der Waals surface area contributed by atoms with Gasteiger partial charge in [-0.15, -0.1) is 0 Å². The normalized spacial score (nSPS) is 18.2. The molecule has 2 aromatic rings. The fourth-order valence-electron chi connectivity index (χ4n) is 2.86. The van der Waals surface area contributed by atoms with Crippen molar-refractivity contribution < 1.29 is 9.18 Å². The Morgan fingerprint density at radius 2 is 2.29 bits per heavy atom. The minimum absolute atomic E-state index is 0.0158. The Bertz CT molecular complexity index is 652. The number of hydrogen-bond acceptors (Lipinski definition) is 2. The van der Waals surface area contributed by atoms with Gasteiger partial charge < -0.3 is 9.88 Å². The number of aryl methyl sites for hydroxylation is 1. The second kappa shape index (κ2) is 5.68. The van der Waals surface area contributed by atoms with Gasteiger partial charge >= 0.3 is 0 Å². The van der Waals surface area contributed by atoms with Crippen LogP contribution >= 0.6 is 0 Å². The monoisotopic (exact) mass is 287 g/mol. The van der Waals surface area contributed by atoms with Crippen molar-refractivity contribution in [1.82, 2.24) is 14.9 Å². The topological polar surface area (TPSA) is 49.0 Å². The van der Waals surface area contributed by atoms with Crippen molar-refractivity contribution in [2.75, 3.05) is 6.54 Å². The summed E-state index contributed by atoms with van der Waals surface area (Å²) in [7, 11) is 0. The number of hydrogen-bond donors (Lipinski definition) is 1. The van der Waals surface area contributed by atoms with E-state index in [9.17, 15) is 9.18 Å². The molecule has 4 nitrogen and oxygen atoms in total. The van der Waals surface area contributed by atoms with Crippen LogP contribution in [0.25, 0.3) is 0 Å². The Hall–Kier alpha value is -2.17. The maximum absolute atomic E-state index is 13.7. The first-order chi connectivity index (χ1) is 10.1. The van der Waals surface area contributed by atoms with E-state index in [-0.39, 0.29) is 24.2 Å². The van der Waals surface area contributed by atoms with Gasteiger partial charge in [-0.1, -0.05) is 18.2 Å². The molecule has 1 N–H and O–H groups in total. The molecule has 0 saturated carbocycles. The number of carbonyl (C=O) groups is 1. The van der Waals surface area contributed by atoms with Crippen molar-refractivity contribution >= 4 is 5.91 Å². The summed E-state index contributed by atoms with van der Waals surface area (Å²) in [5, 5.41) is 0. The second-order valence-corrected chi connectivity index (χ2v) is 5.46. The average molecular weight is 287 g/mol. The molecule has 1 aromatic heterocycles. The highest BCUT2D eigenvalue weighted by molar-refractivity contribution is 5.79. The van der Waals surface area contributed by atoms with Crippen LogP contribution in [0.4, 0.5) is 4.39 Å². The summed E-state index contributed by atoms with van der Waals surface area (Å²) >= 11 is 0. The maximum atomic E-state index is 13.7. The first kappa shape index (κ1) is 13.8. The third-order valence-corrected chi connectivity index (χ3v) is 3.91. The molecular formula is C16H18FN3O. The van der Waals surface area contributed by atoms with E-state index in [1.807, 2.05) is 11.8 Å². The van der Waals surface area contributed by atoms with E-state index in [0.29, 0.717) is 12.1 Å². The fraction of sp³-hybridized carbons (Fsp3) is 0.375. The Labute approximate surface area is 123 Å². The number of rotatable bonds is 3. The quantitative estimate of drug-likeness (QED) is 0.943. The number of likely N-dealkylation sites (tertiary alicyclic amines) is 1. The van der Waals surface area contributed by atoms with Crippen LogP contribution in [0.15, 0.2) is 30.5 Å². The lowest BCUT2D eigenvalue weighted by atomic mass is 10.1. The zero-order valence-electron chi connectivity index (χ0n) is 12.0. The SMILES string of the molecule is Cc1cnc(C2CCCN2C(=O)Cc2ccccc2F)[nH]1. The molecule has 0 spiro atoms. The van der Waals surface area contributed by atoms with Gasteiger partial charge in [0.1, 0.15) is 11.6 Å². The Morgan fingerprint density at radius 3 is 3.00 bits per heavy atom. The summed E-state index contributed by atoms with van der Waals surface area (Å²) in [6.45, 7) is 2.65. The summed E-state index contributed by atoms with van der Waals surface area (Å²) in [6, 6.07) is 6.42. The van der Waals surface area contributed by atoms with Crippen molar-refractivity contribution in [3.8, 4) is 0 Å². The number of nitrogens with one attached hydrogen (secondary N) is 1. The molecule has 1 unspecified atom stereocenters. The lowest BCUT2D eigenvalue weighted by Crippen LogP contribution is -2.32. The molecule has 1 atom stereocenters. The van der Waals surface area contributed by atoms with Crippen LogP contribution in [0.2, 0.25) is 0 Å². The van der Waals surface area contributed by atoms with Crippen molar-refractivity contribution in [3.63, 3.8) is 0 Å². The summed E-state index contributed by atoms with van der Waals surface area (Å²) < 4.78 is 13.7. The smallest absolute Gasteiger partial charge is 0.227 e. The fourth-order valence-corrected chi connectivity index (χ4v) is 2.86. The molecule has 3 rings (SSSR count). The molecule has 5 heteroatoms. The Morgan fingerprint density at radius 1 is 1.48 bits per heavy atom. The van der Waals surface area contributed by atoms with E-state index in [4.69, 9.17) is 0 Å². The van der Waals surface area contributed by atoms with E-state index in [1.54, 1.807) is 24.4 Å². The third kappa shape index (κ3) is 2.82. The van der Waals surface area contributed by atoms with Gasteiger partial charge in [-0.2, -0.15) is 0 Å². The summed E-state index contributed by atoms with van der Waals surface area (Å²) in [4.78, 5) is 21.8. The van der Waals surface area contributed by atoms with Crippen LogP contribution in [0.3, 0.4) is 0 Å². The van der Waals surface area contributed by atoms with Crippen molar-refractivity contribution in [2.24, 2.45) is 0 Å². The number of aromatic amines is 1. The zero-order valence-corrected chi connectivity index (χ0v) is 12.0. The zero-order chi connectivity index (χ0) is 14.8. The van der Waals surface area contributed by atoms with Gasteiger partial charge in [-0.25, -0.2) is 9.37 Å². The molecule has 1 aliphatic rings. The highest BCUT2D eigenvalue weighted by atomic mass is 19.1. The standard InChI is InChI=1S/C16H18FN3O/c1-11-10-18-16(19-11)14-7-4-8-20(14)15(21)9-12-5-2-3-6-13(12)17/h2-3,5-6,10,14H,4,7-9H2,1H3,(H,18,19). The van der Waals surface area contributed by atoms with Crippen LogP contribution in [0, 0.1) is 12.7 Å². The van der Waals surface area contributed by atoms with Crippen molar-refractivity contribution in [2.45, 2.75) is 32.2 Å². The second-order valence-electron chi connectivity index (χ2n) is 5.46. The van der Waals surface area contributed by atoms with Crippen LogP contribution in [-0.2, 0) is 11.2 Å². The van der Waals surface area contributed by atoms with Gasteiger partial charge in [-0.3, -0.25) is 4.79 Å². The van der Waals surface area contributed by atoms with Crippen LogP contribution in [0.1, 0.15) is 36.0 Å². The minimum atomic E-state index is -0.324. The largest absolute Gasteiger partial charge is 0.344 e. The predicted octanol–water partition coefficient (Wildman–Crippen LogP) is 2.76. The number of carbonyl (C=O) groups excluding carboxylic acids is 1. The van der Waals surface area contributed by atoms with Gasteiger partial charge in [-0.05, 0) is 31.4 Å². The number of benzene rings is 1. The number of amides is 1. The molecule has 0 aliphatic carbocycles. The van der Waals surface area contributed by atoms with E-state index >= 15 is 0 Å². The lowest BCUT2D eigenvalue weighted by molar-refractivity contribution is -0.131. The first-order valence-electron chi connectivity index (χ1n) is 7.19. The molecule has 1 fully saturated rings. The summed E-state index contributed by atoms with van der Waals surface area (Å²) in [5.41, 5.74) is 1.43. The van der Waals surface area contributed by atoms with E-state index < -0.39 is 0 Å². The summed E-state index contributed by atoms with van der Waals surface area (Å²) in [6.07, 6.45) is 3.72.